The Morgan fingerprint density at radius 2 is 1.86 bits per heavy atom. The van der Waals surface area contributed by atoms with E-state index in [0.29, 0.717) is 24.7 Å². The molecular weight excluding hydrogens is 288 g/mol. The van der Waals surface area contributed by atoms with Crippen molar-refractivity contribution in [2.75, 3.05) is 26.8 Å². The Morgan fingerprint density at radius 3 is 2.43 bits per heavy atom. The van der Waals surface area contributed by atoms with Gasteiger partial charge in [-0.05, 0) is 49.9 Å². The quantitative estimate of drug-likeness (QED) is 0.861. The minimum atomic E-state index is -3.42. The Morgan fingerprint density at radius 1 is 1.24 bits per heavy atom. The lowest BCUT2D eigenvalue weighted by Crippen LogP contribution is -2.40. The zero-order valence-corrected chi connectivity index (χ0v) is 13.3. The van der Waals surface area contributed by atoms with Crippen molar-refractivity contribution in [2.24, 2.45) is 5.73 Å². The van der Waals surface area contributed by atoms with Crippen molar-refractivity contribution in [1.29, 1.82) is 0 Å². The second kappa shape index (κ2) is 7.35. The monoisotopic (exact) mass is 312 g/mol. The van der Waals surface area contributed by atoms with Crippen molar-refractivity contribution < 1.29 is 13.2 Å². The van der Waals surface area contributed by atoms with Gasteiger partial charge >= 0.3 is 0 Å². The average molecular weight is 312 g/mol. The second-order valence-corrected chi connectivity index (χ2v) is 7.40. The second-order valence-electron chi connectivity index (χ2n) is 5.40. The van der Waals surface area contributed by atoms with Gasteiger partial charge in [0.05, 0.1) is 4.90 Å². The normalized spacial score (nSPS) is 17.3. The van der Waals surface area contributed by atoms with Crippen LogP contribution in [0.5, 0.6) is 0 Å². The predicted octanol–water partition coefficient (Wildman–Crippen LogP) is 1.38. The molecule has 0 aliphatic carbocycles. The molecule has 0 saturated carbocycles. The van der Waals surface area contributed by atoms with Crippen LogP contribution in [0.15, 0.2) is 29.2 Å². The van der Waals surface area contributed by atoms with E-state index in [1.165, 1.54) is 4.31 Å². The number of sulfonamides is 1. The molecular formula is C15H24N2O3S. The third-order valence-corrected chi connectivity index (χ3v) is 5.90. The molecule has 1 aromatic rings. The highest BCUT2D eigenvalue weighted by Gasteiger charge is 2.29. The molecule has 2 rings (SSSR count). The van der Waals surface area contributed by atoms with Gasteiger partial charge in [-0.15, -0.1) is 0 Å². The molecule has 6 heteroatoms. The number of hydrogen-bond acceptors (Lipinski definition) is 4. The van der Waals surface area contributed by atoms with Gasteiger partial charge in [0.25, 0.3) is 0 Å². The van der Waals surface area contributed by atoms with E-state index < -0.39 is 10.0 Å². The summed E-state index contributed by atoms with van der Waals surface area (Å²) in [6, 6.07) is 7.16. The van der Waals surface area contributed by atoms with Gasteiger partial charge < -0.3 is 10.5 Å². The summed E-state index contributed by atoms with van der Waals surface area (Å²) in [5.41, 5.74) is 6.60. The number of ether oxygens (including phenoxy) is 1. The number of nitrogens with zero attached hydrogens (tertiary/aromatic N) is 1. The van der Waals surface area contributed by atoms with Gasteiger partial charge in [-0.2, -0.15) is 4.31 Å². The molecule has 0 radical (unpaired) electrons. The average Bonchev–Trinajstić information content (AvgIpc) is 2.53. The Bertz CT molecular complexity index is 537. The molecule has 21 heavy (non-hydrogen) atoms. The summed E-state index contributed by atoms with van der Waals surface area (Å²) in [5, 5.41) is 0. The molecule has 0 bridgehead atoms. The maximum Gasteiger partial charge on any atom is 0.243 e. The van der Waals surface area contributed by atoms with Crippen molar-refractivity contribution >= 4 is 10.0 Å². The van der Waals surface area contributed by atoms with Crippen LogP contribution in [0.25, 0.3) is 0 Å². The molecule has 1 saturated heterocycles. The molecule has 0 unspecified atom stereocenters. The third-order valence-electron chi connectivity index (χ3n) is 3.97. The van der Waals surface area contributed by atoms with Gasteiger partial charge in [-0.3, -0.25) is 0 Å². The number of benzene rings is 1. The lowest BCUT2D eigenvalue weighted by Gasteiger charge is -2.30. The molecule has 2 N–H and O–H groups in total. The summed E-state index contributed by atoms with van der Waals surface area (Å²) in [7, 11) is -1.76. The van der Waals surface area contributed by atoms with Crippen LogP contribution in [-0.2, 0) is 21.2 Å². The van der Waals surface area contributed by atoms with Crippen LogP contribution in [0.2, 0.25) is 0 Å². The lowest BCUT2D eigenvalue weighted by atomic mass is 10.1. The standard InChI is InChI=1S/C15H24N2O3S/c1-17(14-8-11-20-12-9-14)21(18,19)15-6-4-13(5-7-15)3-2-10-16/h4-7,14H,2-3,8-12,16H2,1H3. The Balaban J connectivity index is 2.10. The zero-order chi connectivity index (χ0) is 15.3. The first-order valence-corrected chi connectivity index (χ1v) is 8.84. The largest absolute Gasteiger partial charge is 0.381 e. The minimum absolute atomic E-state index is 0.0284. The fraction of sp³-hybridized carbons (Fsp3) is 0.600. The maximum atomic E-state index is 12.6. The van der Waals surface area contributed by atoms with E-state index >= 15 is 0 Å². The number of rotatable bonds is 6. The summed E-state index contributed by atoms with van der Waals surface area (Å²) in [6.45, 7) is 1.90. The highest BCUT2D eigenvalue weighted by molar-refractivity contribution is 7.89. The highest BCUT2D eigenvalue weighted by Crippen LogP contribution is 2.22. The van der Waals surface area contributed by atoms with Crippen LogP contribution in [-0.4, -0.2) is 45.6 Å². The fourth-order valence-electron chi connectivity index (χ4n) is 2.55. The molecule has 0 atom stereocenters. The van der Waals surface area contributed by atoms with Crippen LogP contribution in [0.4, 0.5) is 0 Å². The summed E-state index contributed by atoms with van der Waals surface area (Å²) in [5.74, 6) is 0. The van der Waals surface area contributed by atoms with Crippen LogP contribution < -0.4 is 5.73 Å². The van der Waals surface area contributed by atoms with Crippen LogP contribution in [0, 0.1) is 0 Å². The topological polar surface area (TPSA) is 72.6 Å². The Kier molecular flexibility index (Phi) is 5.75. The number of nitrogens with two attached hydrogens (primary N) is 1. The van der Waals surface area contributed by atoms with Gasteiger partial charge in [0, 0.05) is 26.3 Å². The van der Waals surface area contributed by atoms with Crippen LogP contribution >= 0.6 is 0 Å². The molecule has 0 spiro atoms. The number of aryl methyl sites for hydroxylation is 1. The van der Waals surface area contributed by atoms with Crippen molar-refractivity contribution in [3.05, 3.63) is 29.8 Å². The van der Waals surface area contributed by atoms with Crippen LogP contribution in [0.3, 0.4) is 0 Å². The molecule has 0 amide bonds. The molecule has 1 aliphatic rings. The lowest BCUT2D eigenvalue weighted by molar-refractivity contribution is 0.0632. The van der Waals surface area contributed by atoms with Gasteiger partial charge in [-0.25, -0.2) is 8.42 Å². The summed E-state index contributed by atoms with van der Waals surface area (Å²) < 4.78 is 32.0. The van der Waals surface area contributed by atoms with Gasteiger partial charge in [0.15, 0.2) is 0 Å². The van der Waals surface area contributed by atoms with Gasteiger partial charge in [-0.1, -0.05) is 12.1 Å². The molecule has 118 valence electrons. The van der Waals surface area contributed by atoms with Gasteiger partial charge in [0.2, 0.25) is 10.0 Å². The maximum absolute atomic E-state index is 12.6. The number of hydrogen-bond donors (Lipinski definition) is 1. The SMILES string of the molecule is CN(C1CCOCC1)S(=O)(=O)c1ccc(CCCN)cc1. The van der Waals surface area contributed by atoms with E-state index in [0.717, 1.165) is 31.2 Å². The summed E-state index contributed by atoms with van der Waals surface area (Å²) >= 11 is 0. The first kappa shape index (κ1) is 16.4. The molecule has 1 heterocycles. The van der Waals surface area contributed by atoms with E-state index in [1.807, 2.05) is 12.1 Å². The third kappa shape index (κ3) is 4.03. The summed E-state index contributed by atoms with van der Waals surface area (Å²) in [4.78, 5) is 0.355. The smallest absolute Gasteiger partial charge is 0.243 e. The van der Waals surface area contributed by atoms with Gasteiger partial charge in [0.1, 0.15) is 0 Å². The predicted molar refractivity (Wildman–Crippen MR) is 82.6 cm³/mol. The molecule has 0 aromatic heterocycles. The molecule has 1 aliphatic heterocycles. The Labute approximate surface area is 127 Å². The molecule has 5 nitrogen and oxygen atoms in total. The van der Waals surface area contributed by atoms with E-state index in [9.17, 15) is 8.42 Å². The van der Waals surface area contributed by atoms with E-state index in [-0.39, 0.29) is 6.04 Å². The first-order valence-electron chi connectivity index (χ1n) is 7.40. The van der Waals surface area contributed by atoms with Crippen molar-refractivity contribution in [3.8, 4) is 0 Å². The van der Waals surface area contributed by atoms with Crippen molar-refractivity contribution in [1.82, 2.24) is 4.31 Å². The van der Waals surface area contributed by atoms with Crippen molar-refractivity contribution in [2.45, 2.75) is 36.6 Å². The molecule has 1 aromatic carbocycles. The minimum Gasteiger partial charge on any atom is -0.381 e. The first-order chi connectivity index (χ1) is 10.1. The highest BCUT2D eigenvalue weighted by atomic mass is 32.2. The van der Waals surface area contributed by atoms with Crippen molar-refractivity contribution in [3.63, 3.8) is 0 Å². The fourth-order valence-corrected chi connectivity index (χ4v) is 3.96. The Hall–Kier alpha value is -0.950. The van der Waals surface area contributed by atoms with Crippen LogP contribution in [0.1, 0.15) is 24.8 Å². The van der Waals surface area contributed by atoms with E-state index in [1.54, 1.807) is 19.2 Å². The summed E-state index contributed by atoms with van der Waals surface area (Å²) in [6.07, 6.45) is 3.30. The zero-order valence-electron chi connectivity index (χ0n) is 12.5. The molecule has 1 fully saturated rings. The van der Waals surface area contributed by atoms with E-state index in [2.05, 4.69) is 0 Å². The van der Waals surface area contributed by atoms with E-state index in [4.69, 9.17) is 10.5 Å².